The largest absolute Gasteiger partial charge is 0.410 e. The molecule has 2 aromatic rings. The molecule has 0 bridgehead atoms. The van der Waals surface area contributed by atoms with Crippen LogP contribution in [0, 0.1) is 0 Å². The molecular formula is C20H21Cl2F3N4O. The minimum Gasteiger partial charge on any atom is -0.362 e. The van der Waals surface area contributed by atoms with E-state index in [1.165, 1.54) is 0 Å². The van der Waals surface area contributed by atoms with E-state index in [1.54, 1.807) is 29.2 Å². The summed E-state index contributed by atoms with van der Waals surface area (Å²) in [6.45, 7) is 1.11. The zero-order chi connectivity index (χ0) is 21.5. The summed E-state index contributed by atoms with van der Waals surface area (Å²) in [7, 11) is 0. The van der Waals surface area contributed by atoms with Crippen LogP contribution in [-0.2, 0) is 0 Å². The van der Waals surface area contributed by atoms with E-state index in [9.17, 15) is 18.0 Å². The number of fused-ring (bicyclic) bond motifs is 1. The first-order valence-electron chi connectivity index (χ1n) is 9.91. The van der Waals surface area contributed by atoms with Crippen LogP contribution in [0.1, 0.15) is 60.2 Å². The number of benzene rings is 1. The lowest BCUT2D eigenvalue weighted by Crippen LogP contribution is -2.36. The molecule has 1 N–H and O–H groups in total. The lowest BCUT2D eigenvalue weighted by Gasteiger charge is -2.33. The standard InChI is InChI=1S/C20H21Cl2F3N4O/c21-13-7-5-12(6-8-13)14-11-15(20(23,24)25)29-18(26-14)16(22)17(27-29)19(30)28-9-3-1-2-4-10-28/h5-8,14-15,26H,1-4,9-11H2. The number of carbonyl (C=O) groups excluding carboxylic acids is 1. The Kier molecular flexibility index (Phi) is 5.90. The highest BCUT2D eigenvalue weighted by molar-refractivity contribution is 6.36. The maximum Gasteiger partial charge on any atom is 0.410 e. The van der Waals surface area contributed by atoms with E-state index >= 15 is 0 Å². The van der Waals surface area contributed by atoms with Crippen LogP contribution in [-0.4, -0.2) is 39.9 Å². The second-order valence-electron chi connectivity index (χ2n) is 7.70. The van der Waals surface area contributed by atoms with Crippen molar-refractivity contribution in [2.75, 3.05) is 18.4 Å². The molecule has 0 saturated carbocycles. The summed E-state index contributed by atoms with van der Waals surface area (Å²) in [5.74, 6) is -0.405. The van der Waals surface area contributed by atoms with Gasteiger partial charge in [-0.05, 0) is 30.5 Å². The first kappa shape index (κ1) is 21.3. The van der Waals surface area contributed by atoms with Gasteiger partial charge in [0.25, 0.3) is 5.91 Å². The number of amides is 1. The number of nitrogens with zero attached hydrogens (tertiary/aromatic N) is 3. The SMILES string of the molecule is O=C(c1nn2c(c1Cl)NC(c1ccc(Cl)cc1)CC2C(F)(F)F)N1CCCCCC1. The second-order valence-corrected chi connectivity index (χ2v) is 8.52. The van der Waals surface area contributed by atoms with E-state index < -0.39 is 24.2 Å². The van der Waals surface area contributed by atoms with Crippen molar-refractivity contribution in [1.82, 2.24) is 14.7 Å². The molecule has 5 nitrogen and oxygen atoms in total. The van der Waals surface area contributed by atoms with Crippen molar-refractivity contribution in [3.63, 3.8) is 0 Å². The summed E-state index contributed by atoms with van der Waals surface area (Å²) in [4.78, 5) is 14.6. The molecule has 2 atom stereocenters. The van der Waals surface area contributed by atoms with Crippen molar-refractivity contribution in [1.29, 1.82) is 0 Å². The summed E-state index contributed by atoms with van der Waals surface area (Å²) >= 11 is 12.3. The Bertz CT molecular complexity index is 921. The first-order chi connectivity index (χ1) is 14.3. The van der Waals surface area contributed by atoms with Crippen LogP contribution in [0.4, 0.5) is 19.0 Å². The molecule has 30 heavy (non-hydrogen) atoms. The van der Waals surface area contributed by atoms with Crippen LogP contribution in [0.5, 0.6) is 0 Å². The number of halogens is 5. The average Bonchev–Trinajstić information content (AvgIpc) is 2.88. The van der Waals surface area contributed by atoms with Gasteiger partial charge in [-0.1, -0.05) is 48.2 Å². The number of likely N-dealkylation sites (tertiary alicyclic amines) is 1. The number of hydrogen-bond acceptors (Lipinski definition) is 3. The molecule has 1 saturated heterocycles. The van der Waals surface area contributed by atoms with E-state index in [1.807, 2.05) is 0 Å². The maximum absolute atomic E-state index is 13.9. The Balaban J connectivity index is 1.70. The molecule has 0 aliphatic carbocycles. The van der Waals surface area contributed by atoms with Gasteiger partial charge in [0.2, 0.25) is 0 Å². The number of hydrogen-bond donors (Lipinski definition) is 1. The van der Waals surface area contributed by atoms with Gasteiger partial charge in [-0.15, -0.1) is 0 Å². The Morgan fingerprint density at radius 2 is 1.70 bits per heavy atom. The highest BCUT2D eigenvalue weighted by Gasteiger charge is 2.48. The predicted octanol–water partition coefficient (Wildman–Crippen LogP) is 5.87. The highest BCUT2D eigenvalue weighted by Crippen LogP contribution is 2.46. The van der Waals surface area contributed by atoms with Gasteiger partial charge in [-0.2, -0.15) is 18.3 Å². The van der Waals surface area contributed by atoms with Gasteiger partial charge in [-0.3, -0.25) is 4.79 Å². The van der Waals surface area contributed by atoms with Crippen molar-refractivity contribution in [3.05, 3.63) is 45.6 Å². The topological polar surface area (TPSA) is 50.2 Å². The Labute approximate surface area is 182 Å². The van der Waals surface area contributed by atoms with Crippen LogP contribution >= 0.6 is 23.2 Å². The molecule has 1 aromatic heterocycles. The normalized spacial score (nSPS) is 22.2. The molecule has 3 heterocycles. The fourth-order valence-corrected chi connectivity index (χ4v) is 4.45. The number of anilines is 1. The summed E-state index contributed by atoms with van der Waals surface area (Å²) < 4.78 is 42.4. The number of rotatable bonds is 2. The average molecular weight is 461 g/mol. The smallest absolute Gasteiger partial charge is 0.362 e. The minimum absolute atomic E-state index is 0.0170. The molecule has 2 unspecified atom stereocenters. The fourth-order valence-electron chi connectivity index (χ4n) is 4.06. The van der Waals surface area contributed by atoms with Crippen LogP contribution in [0.3, 0.4) is 0 Å². The molecule has 2 aliphatic rings. The Morgan fingerprint density at radius 1 is 1.07 bits per heavy atom. The Hall–Kier alpha value is -1.93. The molecule has 10 heteroatoms. The van der Waals surface area contributed by atoms with Gasteiger partial charge >= 0.3 is 6.18 Å². The fraction of sp³-hybridized carbons (Fsp3) is 0.500. The third-order valence-corrected chi connectivity index (χ3v) is 6.27. The Morgan fingerprint density at radius 3 is 2.30 bits per heavy atom. The van der Waals surface area contributed by atoms with Gasteiger partial charge in [-0.25, -0.2) is 4.68 Å². The number of nitrogens with one attached hydrogen (secondary N) is 1. The van der Waals surface area contributed by atoms with E-state index in [0.29, 0.717) is 23.7 Å². The van der Waals surface area contributed by atoms with Gasteiger partial charge in [0, 0.05) is 24.5 Å². The van der Waals surface area contributed by atoms with Gasteiger partial charge in [0.15, 0.2) is 11.7 Å². The summed E-state index contributed by atoms with van der Waals surface area (Å²) in [6.07, 6.45) is -1.04. The zero-order valence-electron chi connectivity index (χ0n) is 16.1. The van der Waals surface area contributed by atoms with Crippen molar-refractivity contribution < 1.29 is 18.0 Å². The zero-order valence-corrected chi connectivity index (χ0v) is 17.6. The molecule has 2 aliphatic heterocycles. The molecule has 0 radical (unpaired) electrons. The molecule has 1 fully saturated rings. The van der Waals surface area contributed by atoms with Crippen LogP contribution < -0.4 is 5.32 Å². The summed E-state index contributed by atoms with van der Waals surface area (Å²) in [6, 6.07) is 4.08. The van der Waals surface area contributed by atoms with Gasteiger partial charge in [0.1, 0.15) is 10.8 Å². The first-order valence-corrected chi connectivity index (χ1v) is 10.7. The quantitative estimate of drug-likeness (QED) is 0.609. The molecule has 1 amide bonds. The van der Waals surface area contributed by atoms with Crippen molar-refractivity contribution in [2.24, 2.45) is 0 Å². The molecule has 0 spiro atoms. The van der Waals surface area contributed by atoms with Crippen molar-refractivity contribution >= 4 is 34.9 Å². The van der Waals surface area contributed by atoms with Crippen LogP contribution in [0.2, 0.25) is 10.0 Å². The molecule has 4 rings (SSSR count). The molecule has 1 aromatic carbocycles. The highest BCUT2D eigenvalue weighted by atomic mass is 35.5. The van der Waals surface area contributed by atoms with Crippen molar-refractivity contribution in [3.8, 4) is 0 Å². The number of aromatic nitrogens is 2. The van der Waals surface area contributed by atoms with Crippen molar-refractivity contribution in [2.45, 2.75) is 50.4 Å². The lowest BCUT2D eigenvalue weighted by molar-refractivity contribution is -0.173. The molecule has 162 valence electrons. The van der Waals surface area contributed by atoms with E-state index in [4.69, 9.17) is 23.2 Å². The number of carbonyl (C=O) groups is 1. The third-order valence-electron chi connectivity index (χ3n) is 5.66. The van der Waals surface area contributed by atoms with E-state index in [-0.39, 0.29) is 23.0 Å². The minimum atomic E-state index is -4.54. The van der Waals surface area contributed by atoms with Crippen LogP contribution in [0.15, 0.2) is 24.3 Å². The molecular weight excluding hydrogens is 440 g/mol. The predicted molar refractivity (Wildman–Crippen MR) is 109 cm³/mol. The second kappa shape index (κ2) is 8.30. The van der Waals surface area contributed by atoms with Gasteiger partial charge in [0.05, 0.1) is 6.04 Å². The van der Waals surface area contributed by atoms with Crippen LogP contribution in [0.25, 0.3) is 0 Å². The lowest BCUT2D eigenvalue weighted by atomic mass is 9.97. The summed E-state index contributed by atoms with van der Waals surface area (Å²) in [5, 5.41) is 7.51. The third kappa shape index (κ3) is 4.12. The maximum atomic E-state index is 13.9. The van der Waals surface area contributed by atoms with E-state index in [2.05, 4.69) is 10.4 Å². The van der Waals surface area contributed by atoms with E-state index in [0.717, 1.165) is 30.4 Å². The number of alkyl halides is 3. The monoisotopic (exact) mass is 460 g/mol. The van der Waals surface area contributed by atoms with Gasteiger partial charge < -0.3 is 10.2 Å². The summed E-state index contributed by atoms with van der Waals surface area (Å²) in [5.41, 5.74) is 0.518.